The minimum absolute atomic E-state index is 0.729. The number of aromatic nitrogens is 3. The summed E-state index contributed by atoms with van der Waals surface area (Å²) in [5.74, 6) is 1.07. The first kappa shape index (κ1) is 17.2. The highest BCUT2D eigenvalue weighted by atomic mass is 32.1. The van der Waals surface area contributed by atoms with E-state index >= 15 is 0 Å². The van der Waals surface area contributed by atoms with E-state index in [1.807, 2.05) is 0 Å². The lowest BCUT2D eigenvalue weighted by Crippen LogP contribution is -2.47. The first-order valence-corrected chi connectivity index (χ1v) is 9.18. The number of anilines is 1. The average Bonchev–Trinajstić information content (AvgIpc) is 2.96. The van der Waals surface area contributed by atoms with Gasteiger partial charge in [0.25, 0.3) is 0 Å². The third kappa shape index (κ3) is 3.54. The molecule has 1 aliphatic heterocycles. The summed E-state index contributed by atoms with van der Waals surface area (Å²) in [5, 5.41) is 7.27. The van der Waals surface area contributed by atoms with Gasteiger partial charge in [-0.3, -0.25) is 10.00 Å². The van der Waals surface area contributed by atoms with Gasteiger partial charge in [0.2, 0.25) is 0 Å². The van der Waals surface area contributed by atoms with E-state index in [4.69, 9.17) is 12.2 Å². The second-order valence-corrected chi connectivity index (χ2v) is 6.87. The summed E-state index contributed by atoms with van der Waals surface area (Å²) < 4.78 is 2.81. The molecule has 1 aromatic carbocycles. The fourth-order valence-corrected chi connectivity index (χ4v) is 3.70. The molecular formula is C18H27N5S. The SMILES string of the molecule is CCn1c(CCN2CCN(c3cccc(C)c3C)CC2)n[nH]c1=S. The summed E-state index contributed by atoms with van der Waals surface area (Å²) in [7, 11) is 0. The Morgan fingerprint density at radius 1 is 1.17 bits per heavy atom. The highest BCUT2D eigenvalue weighted by molar-refractivity contribution is 7.71. The molecule has 6 heteroatoms. The van der Waals surface area contributed by atoms with Gasteiger partial charge in [-0.15, -0.1) is 0 Å². The molecule has 1 N–H and O–H groups in total. The van der Waals surface area contributed by atoms with Gasteiger partial charge in [0, 0.05) is 51.4 Å². The molecule has 3 rings (SSSR count). The molecule has 1 fully saturated rings. The van der Waals surface area contributed by atoms with Crippen LogP contribution in [0.15, 0.2) is 18.2 Å². The predicted molar refractivity (Wildman–Crippen MR) is 101 cm³/mol. The van der Waals surface area contributed by atoms with Crippen LogP contribution in [-0.4, -0.2) is 52.4 Å². The van der Waals surface area contributed by atoms with Crippen LogP contribution in [0.2, 0.25) is 0 Å². The Morgan fingerprint density at radius 3 is 2.62 bits per heavy atom. The van der Waals surface area contributed by atoms with Gasteiger partial charge in [-0.25, -0.2) is 0 Å². The highest BCUT2D eigenvalue weighted by Crippen LogP contribution is 2.23. The van der Waals surface area contributed by atoms with E-state index in [1.54, 1.807) is 0 Å². The van der Waals surface area contributed by atoms with Gasteiger partial charge >= 0.3 is 0 Å². The molecule has 0 aliphatic carbocycles. The summed E-state index contributed by atoms with van der Waals surface area (Å²) in [4.78, 5) is 5.04. The molecule has 24 heavy (non-hydrogen) atoms. The lowest BCUT2D eigenvalue weighted by Gasteiger charge is -2.37. The van der Waals surface area contributed by atoms with Crippen LogP contribution in [0, 0.1) is 18.6 Å². The Morgan fingerprint density at radius 2 is 1.92 bits per heavy atom. The van der Waals surface area contributed by atoms with E-state index in [1.165, 1.54) is 16.8 Å². The quantitative estimate of drug-likeness (QED) is 0.846. The van der Waals surface area contributed by atoms with Crippen molar-refractivity contribution in [1.82, 2.24) is 19.7 Å². The molecule has 5 nitrogen and oxygen atoms in total. The van der Waals surface area contributed by atoms with Crippen molar-refractivity contribution in [3.63, 3.8) is 0 Å². The summed E-state index contributed by atoms with van der Waals surface area (Å²) in [5.41, 5.74) is 4.17. The highest BCUT2D eigenvalue weighted by Gasteiger charge is 2.19. The van der Waals surface area contributed by atoms with Crippen LogP contribution in [-0.2, 0) is 13.0 Å². The molecule has 0 unspecified atom stereocenters. The average molecular weight is 346 g/mol. The number of hydrogen-bond acceptors (Lipinski definition) is 4. The van der Waals surface area contributed by atoms with Crippen LogP contribution in [0.1, 0.15) is 23.9 Å². The molecular weight excluding hydrogens is 318 g/mol. The van der Waals surface area contributed by atoms with E-state index in [9.17, 15) is 0 Å². The van der Waals surface area contributed by atoms with Crippen LogP contribution in [0.3, 0.4) is 0 Å². The maximum atomic E-state index is 5.26. The lowest BCUT2D eigenvalue weighted by atomic mass is 10.1. The molecule has 0 spiro atoms. The number of benzene rings is 1. The molecule has 1 aliphatic rings. The van der Waals surface area contributed by atoms with Gasteiger partial charge in [0.05, 0.1) is 0 Å². The van der Waals surface area contributed by atoms with E-state index in [0.29, 0.717) is 0 Å². The molecule has 1 aromatic heterocycles. The van der Waals surface area contributed by atoms with Crippen molar-refractivity contribution in [2.24, 2.45) is 0 Å². The molecule has 0 atom stereocenters. The van der Waals surface area contributed by atoms with Crippen molar-refractivity contribution in [3.8, 4) is 0 Å². The van der Waals surface area contributed by atoms with Crippen molar-refractivity contribution in [3.05, 3.63) is 39.9 Å². The Kier molecular flexibility index (Phi) is 5.36. The normalized spacial score (nSPS) is 15.9. The van der Waals surface area contributed by atoms with Crippen LogP contribution in [0.5, 0.6) is 0 Å². The first-order chi connectivity index (χ1) is 11.6. The Hall–Kier alpha value is -1.66. The molecule has 1 saturated heterocycles. The zero-order valence-electron chi connectivity index (χ0n) is 14.9. The van der Waals surface area contributed by atoms with Gasteiger partial charge in [-0.2, -0.15) is 5.10 Å². The lowest BCUT2D eigenvalue weighted by molar-refractivity contribution is 0.258. The van der Waals surface area contributed by atoms with Crippen molar-refractivity contribution >= 4 is 17.9 Å². The van der Waals surface area contributed by atoms with Gasteiger partial charge in [0.1, 0.15) is 5.82 Å². The summed E-state index contributed by atoms with van der Waals surface area (Å²) >= 11 is 5.26. The first-order valence-electron chi connectivity index (χ1n) is 8.77. The van der Waals surface area contributed by atoms with Gasteiger partial charge < -0.3 is 9.47 Å². The molecule has 0 bridgehead atoms. The van der Waals surface area contributed by atoms with Crippen LogP contribution in [0.4, 0.5) is 5.69 Å². The van der Waals surface area contributed by atoms with Crippen molar-refractivity contribution in [2.45, 2.75) is 33.7 Å². The molecule has 0 amide bonds. The topological polar surface area (TPSA) is 40.1 Å². The van der Waals surface area contributed by atoms with Crippen LogP contribution >= 0.6 is 12.2 Å². The summed E-state index contributed by atoms with van der Waals surface area (Å²) in [6.45, 7) is 12.8. The summed E-state index contributed by atoms with van der Waals surface area (Å²) in [6, 6.07) is 6.60. The van der Waals surface area contributed by atoms with Crippen molar-refractivity contribution in [1.29, 1.82) is 0 Å². The van der Waals surface area contributed by atoms with Crippen molar-refractivity contribution in [2.75, 3.05) is 37.6 Å². The number of hydrogen-bond donors (Lipinski definition) is 1. The molecule has 2 aromatic rings. The second-order valence-electron chi connectivity index (χ2n) is 6.49. The van der Waals surface area contributed by atoms with Crippen LogP contribution in [0.25, 0.3) is 0 Å². The zero-order chi connectivity index (χ0) is 17.1. The van der Waals surface area contributed by atoms with E-state index in [0.717, 1.165) is 56.3 Å². The summed E-state index contributed by atoms with van der Waals surface area (Å²) in [6.07, 6.45) is 0.949. The minimum atomic E-state index is 0.729. The minimum Gasteiger partial charge on any atom is -0.369 e. The largest absolute Gasteiger partial charge is 0.369 e. The van der Waals surface area contributed by atoms with E-state index in [2.05, 4.69) is 63.5 Å². The van der Waals surface area contributed by atoms with E-state index < -0.39 is 0 Å². The van der Waals surface area contributed by atoms with Gasteiger partial charge in [-0.1, -0.05) is 12.1 Å². The van der Waals surface area contributed by atoms with E-state index in [-0.39, 0.29) is 0 Å². The third-order valence-electron chi connectivity index (χ3n) is 5.09. The zero-order valence-corrected chi connectivity index (χ0v) is 15.7. The maximum Gasteiger partial charge on any atom is 0.195 e. The molecule has 130 valence electrons. The smallest absolute Gasteiger partial charge is 0.195 e. The molecule has 0 saturated carbocycles. The maximum absolute atomic E-state index is 5.26. The van der Waals surface area contributed by atoms with Gasteiger partial charge in [0.15, 0.2) is 4.77 Å². The van der Waals surface area contributed by atoms with Crippen molar-refractivity contribution < 1.29 is 0 Å². The standard InChI is InChI=1S/C18H27N5S/c1-4-23-17(19-20-18(23)24)8-9-21-10-12-22(13-11-21)16-7-5-6-14(2)15(16)3/h5-7H,4,8-13H2,1-3H3,(H,20,24). The fraction of sp³-hybridized carbons (Fsp3) is 0.556. The number of nitrogens with one attached hydrogen (secondary N) is 1. The number of nitrogens with zero attached hydrogens (tertiary/aromatic N) is 4. The van der Waals surface area contributed by atoms with Crippen LogP contribution < -0.4 is 4.90 Å². The number of aromatic amines is 1. The van der Waals surface area contributed by atoms with Gasteiger partial charge in [-0.05, 0) is 50.2 Å². The Labute approximate surface area is 149 Å². The fourth-order valence-electron chi connectivity index (χ4n) is 3.42. The molecule has 2 heterocycles. The monoisotopic (exact) mass is 345 g/mol. The molecule has 0 radical (unpaired) electrons. The Bertz CT molecular complexity index is 740. The number of H-pyrrole nitrogens is 1. The second kappa shape index (κ2) is 7.49. The number of piperazine rings is 1. The third-order valence-corrected chi connectivity index (χ3v) is 5.41. The number of rotatable bonds is 5. The predicted octanol–water partition coefficient (Wildman–Crippen LogP) is 2.94. The number of aryl methyl sites for hydroxylation is 1. The Balaban J connectivity index is 1.55.